The second-order valence-corrected chi connectivity index (χ2v) is 7.06. The van der Waals surface area contributed by atoms with Gasteiger partial charge in [-0.2, -0.15) is 0 Å². The van der Waals surface area contributed by atoms with Crippen LogP contribution in [0, 0.1) is 0 Å². The van der Waals surface area contributed by atoms with E-state index in [1.165, 1.54) is 11.1 Å². The van der Waals surface area contributed by atoms with Crippen molar-refractivity contribution in [1.82, 2.24) is 20.5 Å². The van der Waals surface area contributed by atoms with Gasteiger partial charge in [0, 0.05) is 45.5 Å². The first-order valence-electron chi connectivity index (χ1n) is 9.94. The molecule has 0 bridgehead atoms. The molecule has 1 aliphatic heterocycles. The average Bonchev–Trinajstić information content (AvgIpc) is 2.73. The number of guanidine groups is 1. The summed E-state index contributed by atoms with van der Waals surface area (Å²) in [5.41, 5.74) is 3.88. The fraction of sp³-hybridized carbons (Fsp3) is 0.455. The van der Waals surface area contributed by atoms with Gasteiger partial charge in [-0.25, -0.2) is 0 Å². The zero-order chi connectivity index (χ0) is 18.9. The Morgan fingerprint density at radius 2 is 1.85 bits per heavy atom. The van der Waals surface area contributed by atoms with E-state index < -0.39 is 0 Å². The highest BCUT2D eigenvalue weighted by atomic mass is 15.2. The van der Waals surface area contributed by atoms with Crippen LogP contribution in [0.15, 0.2) is 53.7 Å². The molecule has 1 aromatic heterocycles. The van der Waals surface area contributed by atoms with E-state index in [-0.39, 0.29) is 0 Å². The van der Waals surface area contributed by atoms with Gasteiger partial charge in [-0.3, -0.25) is 14.9 Å². The van der Waals surface area contributed by atoms with Crippen molar-refractivity contribution in [3.8, 4) is 0 Å². The number of hydrogen-bond acceptors (Lipinski definition) is 3. The molecule has 3 rings (SSSR count). The monoisotopic (exact) mass is 365 g/mol. The van der Waals surface area contributed by atoms with E-state index in [1.54, 1.807) is 0 Å². The Kier molecular flexibility index (Phi) is 7.22. The molecular formula is C22H31N5. The molecule has 0 amide bonds. The Hall–Kier alpha value is -2.40. The Bertz CT molecular complexity index is 720. The lowest BCUT2D eigenvalue weighted by Crippen LogP contribution is -2.48. The predicted molar refractivity (Wildman–Crippen MR) is 112 cm³/mol. The third kappa shape index (κ3) is 5.79. The van der Waals surface area contributed by atoms with Gasteiger partial charge in [0.05, 0.1) is 5.69 Å². The van der Waals surface area contributed by atoms with Crippen molar-refractivity contribution in [3.63, 3.8) is 0 Å². The summed E-state index contributed by atoms with van der Waals surface area (Å²) >= 11 is 0. The molecule has 0 aliphatic carbocycles. The van der Waals surface area contributed by atoms with Crippen molar-refractivity contribution in [2.45, 2.75) is 45.3 Å². The zero-order valence-corrected chi connectivity index (χ0v) is 16.5. The molecule has 0 spiro atoms. The van der Waals surface area contributed by atoms with Gasteiger partial charge in [0.1, 0.15) is 0 Å². The first kappa shape index (κ1) is 19.4. The van der Waals surface area contributed by atoms with E-state index in [9.17, 15) is 0 Å². The minimum atomic E-state index is 0.470. The Morgan fingerprint density at radius 3 is 2.52 bits per heavy atom. The summed E-state index contributed by atoms with van der Waals surface area (Å²) < 4.78 is 0. The number of benzene rings is 1. The number of nitrogens with one attached hydrogen (secondary N) is 2. The van der Waals surface area contributed by atoms with Crippen molar-refractivity contribution in [1.29, 1.82) is 0 Å². The second-order valence-electron chi connectivity index (χ2n) is 7.06. The van der Waals surface area contributed by atoms with Gasteiger partial charge in [-0.05, 0) is 42.5 Å². The van der Waals surface area contributed by atoms with Gasteiger partial charge in [-0.1, -0.05) is 37.3 Å². The van der Waals surface area contributed by atoms with E-state index in [1.807, 2.05) is 19.3 Å². The lowest BCUT2D eigenvalue weighted by molar-refractivity contribution is 0.196. The van der Waals surface area contributed by atoms with Crippen LogP contribution in [0.5, 0.6) is 0 Å². The molecule has 0 unspecified atom stereocenters. The van der Waals surface area contributed by atoms with Crippen molar-refractivity contribution < 1.29 is 0 Å². The predicted octanol–water partition coefficient (Wildman–Crippen LogP) is 2.97. The molecular weight excluding hydrogens is 334 g/mol. The highest BCUT2D eigenvalue weighted by Crippen LogP contribution is 2.13. The molecule has 2 aromatic rings. The van der Waals surface area contributed by atoms with Crippen molar-refractivity contribution in [2.24, 2.45) is 4.99 Å². The van der Waals surface area contributed by atoms with Crippen LogP contribution >= 0.6 is 0 Å². The van der Waals surface area contributed by atoms with Crippen LogP contribution in [0.1, 0.15) is 36.6 Å². The fourth-order valence-electron chi connectivity index (χ4n) is 3.60. The third-order valence-corrected chi connectivity index (χ3v) is 5.21. The molecule has 0 saturated carbocycles. The molecule has 5 heteroatoms. The molecule has 1 aromatic carbocycles. The van der Waals surface area contributed by atoms with Crippen LogP contribution in [-0.2, 0) is 19.5 Å². The molecule has 2 N–H and O–H groups in total. The SMILES string of the molecule is CCc1ccccc1CNC(=NC)NC1CCN(Cc2ccccn2)CC1. The Labute approximate surface area is 162 Å². The zero-order valence-electron chi connectivity index (χ0n) is 16.5. The number of piperidine rings is 1. The maximum Gasteiger partial charge on any atom is 0.191 e. The number of likely N-dealkylation sites (tertiary alicyclic amines) is 1. The first-order valence-corrected chi connectivity index (χ1v) is 9.94. The van der Waals surface area contributed by atoms with E-state index in [2.05, 4.69) is 68.8 Å². The highest BCUT2D eigenvalue weighted by molar-refractivity contribution is 5.80. The van der Waals surface area contributed by atoms with Crippen LogP contribution < -0.4 is 10.6 Å². The molecule has 27 heavy (non-hydrogen) atoms. The van der Waals surface area contributed by atoms with Crippen LogP contribution in [0.2, 0.25) is 0 Å². The molecule has 1 saturated heterocycles. The molecule has 144 valence electrons. The first-order chi connectivity index (χ1) is 13.3. The van der Waals surface area contributed by atoms with Gasteiger partial charge in [0.25, 0.3) is 0 Å². The maximum absolute atomic E-state index is 4.43. The van der Waals surface area contributed by atoms with E-state index in [0.717, 1.165) is 57.1 Å². The largest absolute Gasteiger partial charge is 0.354 e. The summed E-state index contributed by atoms with van der Waals surface area (Å²) in [4.78, 5) is 11.3. The lowest BCUT2D eigenvalue weighted by atomic mass is 10.0. The van der Waals surface area contributed by atoms with Gasteiger partial charge in [0.15, 0.2) is 5.96 Å². The number of aromatic nitrogens is 1. The lowest BCUT2D eigenvalue weighted by Gasteiger charge is -2.32. The summed E-state index contributed by atoms with van der Waals surface area (Å²) in [6, 6.07) is 15.2. The summed E-state index contributed by atoms with van der Waals surface area (Å²) in [6.45, 7) is 6.12. The number of pyridine rings is 1. The number of aliphatic imine (C=N–C) groups is 1. The van der Waals surface area contributed by atoms with Crippen LogP contribution in [0.25, 0.3) is 0 Å². The van der Waals surface area contributed by atoms with E-state index >= 15 is 0 Å². The minimum Gasteiger partial charge on any atom is -0.354 e. The van der Waals surface area contributed by atoms with Crippen LogP contribution in [0.3, 0.4) is 0 Å². The number of rotatable bonds is 6. The third-order valence-electron chi connectivity index (χ3n) is 5.21. The summed E-state index contributed by atoms with van der Waals surface area (Å²) in [5.74, 6) is 0.893. The topological polar surface area (TPSA) is 52.6 Å². The van der Waals surface area contributed by atoms with Gasteiger partial charge in [0.2, 0.25) is 0 Å². The number of nitrogens with zero attached hydrogens (tertiary/aromatic N) is 3. The fourth-order valence-corrected chi connectivity index (χ4v) is 3.60. The van der Waals surface area contributed by atoms with E-state index in [0.29, 0.717) is 6.04 Å². The number of aryl methyl sites for hydroxylation is 1. The second kappa shape index (κ2) is 10.1. The van der Waals surface area contributed by atoms with Crippen molar-refractivity contribution in [2.75, 3.05) is 20.1 Å². The Balaban J connectivity index is 1.44. The van der Waals surface area contributed by atoms with Gasteiger partial charge in [-0.15, -0.1) is 0 Å². The molecule has 0 radical (unpaired) electrons. The summed E-state index contributed by atoms with van der Waals surface area (Å²) in [5, 5.41) is 7.07. The summed E-state index contributed by atoms with van der Waals surface area (Å²) in [6.07, 6.45) is 5.17. The molecule has 0 atom stereocenters. The molecule has 1 fully saturated rings. The maximum atomic E-state index is 4.43. The van der Waals surface area contributed by atoms with Crippen LogP contribution in [-0.4, -0.2) is 42.0 Å². The quantitative estimate of drug-likeness (QED) is 0.610. The average molecular weight is 366 g/mol. The van der Waals surface area contributed by atoms with Crippen LogP contribution in [0.4, 0.5) is 0 Å². The molecule has 2 heterocycles. The molecule has 5 nitrogen and oxygen atoms in total. The van der Waals surface area contributed by atoms with Gasteiger partial charge < -0.3 is 10.6 Å². The van der Waals surface area contributed by atoms with Gasteiger partial charge >= 0.3 is 0 Å². The van der Waals surface area contributed by atoms with Crippen molar-refractivity contribution >= 4 is 5.96 Å². The standard InChI is InChI=1S/C22H31N5/c1-3-18-8-4-5-9-19(18)16-25-22(23-2)26-20-11-14-27(15-12-20)17-21-10-6-7-13-24-21/h4-10,13,20H,3,11-12,14-17H2,1-2H3,(H2,23,25,26). The van der Waals surface area contributed by atoms with Crippen molar-refractivity contribution in [3.05, 3.63) is 65.5 Å². The Morgan fingerprint density at radius 1 is 1.11 bits per heavy atom. The summed E-state index contributed by atoms with van der Waals surface area (Å²) in [7, 11) is 1.84. The number of hydrogen-bond donors (Lipinski definition) is 2. The van der Waals surface area contributed by atoms with E-state index in [4.69, 9.17) is 0 Å². The normalized spacial score (nSPS) is 16.3. The minimum absolute atomic E-state index is 0.470. The molecule has 1 aliphatic rings. The highest BCUT2D eigenvalue weighted by Gasteiger charge is 2.20. The smallest absolute Gasteiger partial charge is 0.191 e.